The third-order valence-electron chi connectivity index (χ3n) is 3.35. The third kappa shape index (κ3) is 7.29. The lowest BCUT2D eigenvalue weighted by Crippen LogP contribution is -2.18. The molecule has 0 aromatic carbocycles. The van der Waals surface area contributed by atoms with Crippen LogP contribution >= 0.6 is 7.82 Å². The molecule has 0 fully saturated rings. The summed E-state index contributed by atoms with van der Waals surface area (Å²) < 4.78 is 15.2. The average molecular weight is 375 g/mol. The number of aromatic nitrogens is 1. The summed E-state index contributed by atoms with van der Waals surface area (Å²) in [5.41, 5.74) is 5.91. The summed E-state index contributed by atoms with van der Waals surface area (Å²) in [6, 6.07) is -1.02. The summed E-state index contributed by atoms with van der Waals surface area (Å²) in [5.74, 6) is -1.38. The fourth-order valence-corrected chi connectivity index (χ4v) is 2.28. The van der Waals surface area contributed by atoms with Crippen molar-refractivity contribution in [1.82, 2.24) is 4.98 Å². The number of aromatic hydroxyl groups is 1. The van der Waals surface area contributed by atoms with Crippen molar-refractivity contribution in [3.05, 3.63) is 23.0 Å². The molecular formula is C14H22N3O7P. The molecule has 10 nitrogen and oxygen atoms in total. The van der Waals surface area contributed by atoms with E-state index in [1.54, 1.807) is 0 Å². The topological polar surface area (TPSA) is 176 Å². The normalized spacial score (nSPS) is 13.3. The van der Waals surface area contributed by atoms with Gasteiger partial charge in [-0.15, -0.1) is 0 Å². The molecule has 1 aromatic heterocycles. The Bertz CT molecular complexity index is 675. The van der Waals surface area contributed by atoms with Gasteiger partial charge in [-0.05, 0) is 32.7 Å². The highest BCUT2D eigenvalue weighted by molar-refractivity contribution is 7.46. The van der Waals surface area contributed by atoms with E-state index in [4.69, 9.17) is 15.5 Å². The quantitative estimate of drug-likeness (QED) is 0.224. The lowest BCUT2D eigenvalue weighted by Gasteiger charge is -2.12. The van der Waals surface area contributed by atoms with E-state index in [2.05, 4.69) is 14.5 Å². The molecular weight excluding hydrogens is 353 g/mol. The van der Waals surface area contributed by atoms with Crippen molar-refractivity contribution in [1.29, 1.82) is 0 Å². The van der Waals surface area contributed by atoms with Gasteiger partial charge in [-0.3, -0.25) is 14.5 Å². The van der Waals surface area contributed by atoms with Crippen molar-refractivity contribution in [3.63, 3.8) is 0 Å². The minimum atomic E-state index is -4.71. The molecule has 0 bridgehead atoms. The SMILES string of the molecule is Cc1ncc(COP(=O)(O)O)c(C=N[C@@H](CCCCN)C(=O)O)c1O. The number of hydrogen-bond acceptors (Lipinski definition) is 7. The second-order valence-electron chi connectivity index (χ2n) is 5.31. The summed E-state index contributed by atoms with van der Waals surface area (Å²) in [6.07, 6.45) is 3.96. The Morgan fingerprint density at radius 1 is 1.48 bits per heavy atom. The molecule has 0 radical (unpaired) electrons. The van der Waals surface area contributed by atoms with Crippen LogP contribution in [0.25, 0.3) is 0 Å². The van der Waals surface area contributed by atoms with E-state index in [1.165, 1.54) is 13.1 Å². The first-order valence-corrected chi connectivity index (χ1v) is 9.02. The monoisotopic (exact) mass is 375 g/mol. The zero-order valence-corrected chi connectivity index (χ0v) is 14.6. The number of pyridine rings is 1. The van der Waals surface area contributed by atoms with Crippen molar-refractivity contribution < 1.29 is 33.9 Å². The number of phosphoric ester groups is 1. The molecule has 1 heterocycles. The number of aliphatic carboxylic acids is 1. The molecule has 6 N–H and O–H groups in total. The van der Waals surface area contributed by atoms with Crippen LogP contribution in [0.4, 0.5) is 0 Å². The van der Waals surface area contributed by atoms with Crippen molar-refractivity contribution in [2.45, 2.75) is 38.8 Å². The van der Waals surface area contributed by atoms with Crippen LogP contribution in [0.3, 0.4) is 0 Å². The minimum Gasteiger partial charge on any atom is -0.505 e. The second kappa shape index (κ2) is 9.59. The van der Waals surface area contributed by atoms with Gasteiger partial charge in [0.05, 0.1) is 12.3 Å². The number of phosphoric acid groups is 1. The molecule has 0 aliphatic carbocycles. The summed E-state index contributed by atoms with van der Waals surface area (Å²) in [7, 11) is -4.71. The Balaban J connectivity index is 3.05. The molecule has 0 saturated heterocycles. The number of hydrogen-bond donors (Lipinski definition) is 5. The number of unbranched alkanes of at least 4 members (excludes halogenated alkanes) is 1. The summed E-state index contributed by atoms with van der Waals surface area (Å²) in [6.45, 7) is 1.46. The Labute approximate surface area is 144 Å². The fraction of sp³-hybridized carbons (Fsp3) is 0.500. The van der Waals surface area contributed by atoms with Crippen molar-refractivity contribution in [2.24, 2.45) is 10.7 Å². The van der Waals surface area contributed by atoms with Gasteiger partial charge in [0.25, 0.3) is 0 Å². The first-order chi connectivity index (χ1) is 11.7. The number of nitrogens with zero attached hydrogens (tertiary/aromatic N) is 2. The molecule has 0 spiro atoms. The molecule has 0 saturated carbocycles. The molecule has 1 atom stereocenters. The van der Waals surface area contributed by atoms with Gasteiger partial charge in [0.2, 0.25) is 0 Å². The summed E-state index contributed by atoms with van der Waals surface area (Å²) in [5, 5.41) is 19.3. The first-order valence-electron chi connectivity index (χ1n) is 7.49. The zero-order valence-electron chi connectivity index (χ0n) is 13.7. The maximum atomic E-state index is 11.3. The van der Waals surface area contributed by atoms with E-state index in [-0.39, 0.29) is 29.0 Å². The summed E-state index contributed by atoms with van der Waals surface area (Å²) in [4.78, 5) is 36.7. The molecule has 11 heteroatoms. The number of carboxylic acid groups (broad SMARTS) is 1. The highest BCUT2D eigenvalue weighted by Gasteiger charge is 2.19. The van der Waals surface area contributed by atoms with Gasteiger partial charge in [0, 0.05) is 23.5 Å². The smallest absolute Gasteiger partial charge is 0.469 e. The van der Waals surface area contributed by atoms with Gasteiger partial charge in [0.1, 0.15) is 11.8 Å². The zero-order chi connectivity index (χ0) is 19.0. The van der Waals surface area contributed by atoms with Gasteiger partial charge in [-0.25, -0.2) is 9.36 Å². The van der Waals surface area contributed by atoms with Crippen LogP contribution in [0, 0.1) is 6.92 Å². The van der Waals surface area contributed by atoms with Crippen molar-refractivity contribution >= 4 is 20.0 Å². The Morgan fingerprint density at radius 3 is 2.72 bits per heavy atom. The minimum absolute atomic E-state index is 0.103. The number of rotatable bonds is 10. The number of aliphatic imine (C=N–C) groups is 1. The van der Waals surface area contributed by atoms with E-state index < -0.39 is 26.4 Å². The van der Waals surface area contributed by atoms with E-state index >= 15 is 0 Å². The largest absolute Gasteiger partial charge is 0.505 e. The van der Waals surface area contributed by atoms with Gasteiger partial charge in [0.15, 0.2) is 0 Å². The van der Waals surface area contributed by atoms with Crippen LogP contribution in [0.1, 0.15) is 36.1 Å². The predicted octanol–water partition coefficient (Wildman–Crippen LogP) is 0.706. The Hall–Kier alpha value is -1.84. The molecule has 0 unspecified atom stereocenters. The van der Waals surface area contributed by atoms with Crippen molar-refractivity contribution in [2.75, 3.05) is 6.54 Å². The van der Waals surface area contributed by atoms with Crippen LogP contribution in [0.2, 0.25) is 0 Å². The number of aryl methyl sites for hydroxylation is 1. The second-order valence-corrected chi connectivity index (χ2v) is 6.55. The average Bonchev–Trinajstić information content (AvgIpc) is 2.52. The van der Waals surface area contributed by atoms with Gasteiger partial charge < -0.3 is 25.7 Å². The molecule has 0 amide bonds. The highest BCUT2D eigenvalue weighted by atomic mass is 31.2. The van der Waals surface area contributed by atoms with E-state index in [0.717, 1.165) is 6.21 Å². The highest BCUT2D eigenvalue weighted by Crippen LogP contribution is 2.37. The van der Waals surface area contributed by atoms with Gasteiger partial charge >= 0.3 is 13.8 Å². The fourth-order valence-electron chi connectivity index (χ4n) is 1.97. The summed E-state index contributed by atoms with van der Waals surface area (Å²) >= 11 is 0. The van der Waals surface area contributed by atoms with Crippen LogP contribution in [0.5, 0.6) is 5.75 Å². The van der Waals surface area contributed by atoms with Crippen LogP contribution in [-0.4, -0.2) is 49.8 Å². The van der Waals surface area contributed by atoms with Crippen LogP contribution in [0.15, 0.2) is 11.2 Å². The Kier molecular flexibility index (Phi) is 8.14. The Morgan fingerprint density at radius 2 is 2.16 bits per heavy atom. The van der Waals surface area contributed by atoms with E-state index in [1.807, 2.05) is 0 Å². The van der Waals surface area contributed by atoms with E-state index in [0.29, 0.717) is 19.4 Å². The van der Waals surface area contributed by atoms with E-state index in [9.17, 15) is 19.6 Å². The lowest BCUT2D eigenvalue weighted by molar-refractivity contribution is -0.138. The maximum absolute atomic E-state index is 11.3. The van der Waals surface area contributed by atoms with Gasteiger partial charge in [-0.1, -0.05) is 0 Å². The molecule has 1 aromatic rings. The first kappa shape index (κ1) is 21.2. The third-order valence-corrected chi connectivity index (χ3v) is 3.81. The van der Waals surface area contributed by atoms with Crippen molar-refractivity contribution in [3.8, 4) is 5.75 Å². The molecule has 1 rings (SSSR count). The van der Waals surface area contributed by atoms with Crippen LogP contribution in [-0.2, 0) is 20.5 Å². The van der Waals surface area contributed by atoms with Crippen LogP contribution < -0.4 is 5.73 Å². The molecule has 0 aliphatic rings. The number of carboxylic acids is 1. The maximum Gasteiger partial charge on any atom is 0.469 e. The number of carbonyl (C=O) groups is 1. The lowest BCUT2D eigenvalue weighted by atomic mass is 10.1. The molecule has 25 heavy (non-hydrogen) atoms. The number of nitrogens with two attached hydrogens (primary N) is 1. The molecule has 0 aliphatic heterocycles. The standard InChI is InChI=1S/C14H22N3O7P/c1-9-13(18)11(10(6-16-9)8-24-25(21,22)23)7-17-12(14(19)20)4-2-3-5-15/h6-7,12,18H,2-5,8,15H2,1H3,(H,19,20)(H2,21,22,23)/t12-/m0/s1. The van der Waals surface area contributed by atoms with Gasteiger partial charge in [-0.2, -0.15) is 0 Å². The molecule has 140 valence electrons. The predicted molar refractivity (Wildman–Crippen MR) is 89.4 cm³/mol.